The van der Waals surface area contributed by atoms with Crippen LogP contribution in [-0.4, -0.2) is 38.9 Å². The van der Waals surface area contributed by atoms with Crippen LogP contribution in [0.5, 0.6) is 5.88 Å². The fraction of sp³-hybridized carbons (Fsp3) is 0.800. The van der Waals surface area contributed by atoms with Crippen LogP contribution in [-0.2, 0) is 0 Å². The zero-order chi connectivity index (χ0) is 12.1. The van der Waals surface area contributed by atoms with Gasteiger partial charge >= 0.3 is 0 Å². The molecular formula is C10H18ClN3OS. The largest absolute Gasteiger partial charge is 0.473 e. The first-order valence-electron chi connectivity index (χ1n) is 5.39. The Hall–Kier alpha value is -0.390. The van der Waals surface area contributed by atoms with Gasteiger partial charge < -0.3 is 4.74 Å². The van der Waals surface area contributed by atoms with Crippen molar-refractivity contribution in [3.8, 4) is 5.88 Å². The molecule has 0 spiro atoms. The Bertz CT molecular complexity index is 309. The lowest BCUT2D eigenvalue weighted by Gasteiger charge is -2.30. The number of aromatic nitrogens is 2. The SMILES string of the molecule is CC(C)N(CCOc1nsnc1Cl)C(C)C. The van der Waals surface area contributed by atoms with Crippen LogP contribution in [0.3, 0.4) is 0 Å². The summed E-state index contributed by atoms with van der Waals surface area (Å²) >= 11 is 6.85. The van der Waals surface area contributed by atoms with Crippen molar-refractivity contribution in [2.45, 2.75) is 39.8 Å². The summed E-state index contributed by atoms with van der Waals surface area (Å²) < 4.78 is 13.3. The second kappa shape index (κ2) is 6.37. The zero-order valence-electron chi connectivity index (χ0n) is 10.1. The van der Waals surface area contributed by atoms with Gasteiger partial charge in [0.15, 0.2) is 0 Å². The number of hydrogen-bond donors (Lipinski definition) is 0. The molecule has 6 heteroatoms. The van der Waals surface area contributed by atoms with Crippen molar-refractivity contribution in [3.05, 3.63) is 5.15 Å². The van der Waals surface area contributed by atoms with E-state index >= 15 is 0 Å². The Labute approximate surface area is 106 Å². The van der Waals surface area contributed by atoms with Crippen molar-refractivity contribution in [1.82, 2.24) is 13.6 Å². The molecule has 0 radical (unpaired) electrons. The number of halogens is 1. The third-order valence-electron chi connectivity index (χ3n) is 2.34. The van der Waals surface area contributed by atoms with Gasteiger partial charge in [0.1, 0.15) is 6.61 Å². The van der Waals surface area contributed by atoms with E-state index in [2.05, 4.69) is 41.3 Å². The van der Waals surface area contributed by atoms with Crippen molar-refractivity contribution in [3.63, 3.8) is 0 Å². The fourth-order valence-electron chi connectivity index (χ4n) is 1.62. The van der Waals surface area contributed by atoms with E-state index in [-0.39, 0.29) is 0 Å². The summed E-state index contributed by atoms with van der Waals surface area (Å²) in [5.74, 6) is 0.444. The standard InChI is InChI=1S/C10H18ClN3OS/c1-7(2)14(8(3)4)5-6-15-10-9(11)12-16-13-10/h7-8H,5-6H2,1-4H3. The molecule has 0 N–H and O–H groups in total. The summed E-state index contributed by atoms with van der Waals surface area (Å²) in [7, 11) is 0. The fourth-order valence-corrected chi connectivity index (χ4v) is 2.26. The number of nitrogens with zero attached hydrogens (tertiary/aromatic N) is 3. The van der Waals surface area contributed by atoms with Crippen LogP contribution >= 0.6 is 23.3 Å². The second-order valence-electron chi connectivity index (χ2n) is 4.13. The molecule has 0 atom stereocenters. The lowest BCUT2D eigenvalue weighted by Crippen LogP contribution is -2.39. The summed E-state index contributed by atoms with van der Waals surface area (Å²) in [4.78, 5) is 2.35. The molecule has 1 aromatic heterocycles. The van der Waals surface area contributed by atoms with Gasteiger partial charge in [0.25, 0.3) is 5.88 Å². The maximum absolute atomic E-state index is 5.78. The van der Waals surface area contributed by atoms with E-state index in [1.807, 2.05) is 0 Å². The third-order valence-corrected chi connectivity index (χ3v) is 3.19. The van der Waals surface area contributed by atoms with Crippen molar-refractivity contribution >= 4 is 23.3 Å². The average Bonchev–Trinajstić information content (AvgIpc) is 2.57. The molecule has 0 aliphatic rings. The molecule has 1 heterocycles. The number of ether oxygens (including phenoxy) is 1. The highest BCUT2D eigenvalue weighted by atomic mass is 35.5. The molecule has 92 valence electrons. The Morgan fingerprint density at radius 2 is 1.88 bits per heavy atom. The van der Waals surface area contributed by atoms with E-state index in [4.69, 9.17) is 16.3 Å². The quantitative estimate of drug-likeness (QED) is 0.791. The van der Waals surface area contributed by atoms with Crippen molar-refractivity contribution in [2.75, 3.05) is 13.2 Å². The first-order valence-corrected chi connectivity index (χ1v) is 6.49. The van der Waals surface area contributed by atoms with E-state index < -0.39 is 0 Å². The van der Waals surface area contributed by atoms with Crippen LogP contribution in [0.25, 0.3) is 0 Å². The summed E-state index contributed by atoms with van der Waals surface area (Å²) in [5, 5.41) is 0.352. The molecule has 0 saturated carbocycles. The molecule has 0 saturated heterocycles. The van der Waals surface area contributed by atoms with Gasteiger partial charge in [-0.3, -0.25) is 4.90 Å². The zero-order valence-corrected chi connectivity index (χ0v) is 11.7. The molecule has 16 heavy (non-hydrogen) atoms. The topological polar surface area (TPSA) is 38.2 Å². The molecule has 1 aromatic rings. The normalized spacial score (nSPS) is 11.8. The van der Waals surface area contributed by atoms with Gasteiger partial charge in [-0.05, 0) is 27.7 Å². The first-order chi connectivity index (χ1) is 7.52. The minimum atomic E-state index is 0.352. The van der Waals surface area contributed by atoms with Gasteiger partial charge in [-0.25, -0.2) is 0 Å². The van der Waals surface area contributed by atoms with E-state index in [1.165, 1.54) is 0 Å². The Morgan fingerprint density at radius 3 is 2.31 bits per heavy atom. The molecule has 0 unspecified atom stereocenters. The minimum absolute atomic E-state index is 0.352. The monoisotopic (exact) mass is 263 g/mol. The summed E-state index contributed by atoms with van der Waals surface area (Å²) in [6.07, 6.45) is 0. The molecule has 0 aromatic carbocycles. The predicted molar refractivity (Wildman–Crippen MR) is 67.4 cm³/mol. The van der Waals surface area contributed by atoms with E-state index in [9.17, 15) is 0 Å². The van der Waals surface area contributed by atoms with Crippen LogP contribution in [0.4, 0.5) is 0 Å². The highest BCUT2D eigenvalue weighted by molar-refractivity contribution is 6.99. The van der Waals surface area contributed by atoms with Gasteiger partial charge in [0, 0.05) is 18.6 Å². The summed E-state index contributed by atoms with van der Waals surface area (Å²) in [5.41, 5.74) is 0. The van der Waals surface area contributed by atoms with Gasteiger partial charge in [0.2, 0.25) is 5.15 Å². The van der Waals surface area contributed by atoms with E-state index in [0.717, 1.165) is 18.3 Å². The maximum Gasteiger partial charge on any atom is 0.265 e. The van der Waals surface area contributed by atoms with E-state index in [1.54, 1.807) is 0 Å². The molecule has 0 aliphatic heterocycles. The molecule has 0 fully saturated rings. The average molecular weight is 264 g/mol. The van der Waals surface area contributed by atoms with Crippen LogP contribution in [0.1, 0.15) is 27.7 Å². The molecule has 0 aliphatic carbocycles. The Morgan fingerprint density at radius 1 is 1.25 bits per heavy atom. The van der Waals surface area contributed by atoms with Gasteiger partial charge in [-0.1, -0.05) is 11.6 Å². The van der Waals surface area contributed by atoms with Crippen LogP contribution in [0, 0.1) is 0 Å². The van der Waals surface area contributed by atoms with E-state index in [0.29, 0.717) is 29.7 Å². The number of hydrogen-bond acceptors (Lipinski definition) is 5. The van der Waals surface area contributed by atoms with Crippen molar-refractivity contribution in [1.29, 1.82) is 0 Å². The van der Waals surface area contributed by atoms with Gasteiger partial charge in [0.05, 0.1) is 11.7 Å². The first kappa shape index (κ1) is 13.7. The molecule has 0 amide bonds. The minimum Gasteiger partial charge on any atom is -0.473 e. The number of rotatable bonds is 6. The lowest BCUT2D eigenvalue weighted by atomic mass is 10.2. The third kappa shape index (κ3) is 3.88. The Kier molecular flexibility index (Phi) is 5.44. The van der Waals surface area contributed by atoms with Crippen molar-refractivity contribution < 1.29 is 4.74 Å². The lowest BCUT2D eigenvalue weighted by molar-refractivity contribution is 0.140. The highest BCUT2D eigenvalue weighted by Crippen LogP contribution is 2.20. The van der Waals surface area contributed by atoms with Gasteiger partial charge in [-0.2, -0.15) is 4.37 Å². The van der Waals surface area contributed by atoms with Crippen LogP contribution in [0.2, 0.25) is 5.15 Å². The van der Waals surface area contributed by atoms with Gasteiger partial charge in [-0.15, -0.1) is 4.37 Å². The maximum atomic E-state index is 5.78. The predicted octanol–water partition coefficient (Wildman–Crippen LogP) is 2.69. The molecule has 1 rings (SSSR count). The summed E-state index contributed by atoms with van der Waals surface area (Å²) in [6.45, 7) is 10.2. The highest BCUT2D eigenvalue weighted by Gasteiger charge is 2.14. The summed E-state index contributed by atoms with van der Waals surface area (Å²) in [6, 6.07) is 1.01. The molecule has 4 nitrogen and oxygen atoms in total. The second-order valence-corrected chi connectivity index (χ2v) is 5.02. The van der Waals surface area contributed by atoms with Crippen LogP contribution in [0.15, 0.2) is 0 Å². The smallest absolute Gasteiger partial charge is 0.265 e. The van der Waals surface area contributed by atoms with Crippen molar-refractivity contribution in [2.24, 2.45) is 0 Å². The Balaban J connectivity index is 2.37. The molecule has 0 bridgehead atoms. The van der Waals surface area contributed by atoms with Crippen LogP contribution < -0.4 is 4.74 Å². The molecular weight excluding hydrogens is 246 g/mol.